The third kappa shape index (κ3) is 22.5. The van der Waals surface area contributed by atoms with E-state index in [-0.39, 0.29) is 74.8 Å². The molecule has 0 saturated carbocycles. The molecule has 1 fully saturated rings. The molecule has 0 spiro atoms. The van der Waals surface area contributed by atoms with Gasteiger partial charge in [0.15, 0.2) is 5.96 Å². The van der Waals surface area contributed by atoms with Crippen LogP contribution < -0.4 is 71.2 Å². The van der Waals surface area contributed by atoms with Gasteiger partial charge in [-0.2, -0.15) is 0 Å². The minimum atomic E-state index is -1.68. The molecule has 442 valence electrons. The third-order valence-corrected chi connectivity index (χ3v) is 16.7. The highest BCUT2D eigenvalue weighted by atomic mass is 127. The van der Waals surface area contributed by atoms with Gasteiger partial charge >= 0.3 is 0 Å². The molecule has 0 aliphatic carbocycles. The largest absolute Gasteiger partial charge is 0.508 e. The number of nitrogens with zero attached hydrogens (tertiary/aromatic N) is 1. The van der Waals surface area contributed by atoms with E-state index in [4.69, 9.17) is 28.7 Å². The Hall–Kier alpha value is -6.93. The lowest BCUT2D eigenvalue weighted by Crippen LogP contribution is -2.62. The number of nitrogens with two attached hydrogens (primary N) is 5. The highest BCUT2D eigenvalue weighted by Crippen LogP contribution is 2.39. The lowest BCUT2D eigenvalue weighted by atomic mass is 9.99. The topological polar surface area (TPSA) is 453 Å². The van der Waals surface area contributed by atoms with Crippen LogP contribution in [-0.2, 0) is 62.4 Å². The molecule has 1 heterocycles. The highest BCUT2D eigenvalue weighted by molar-refractivity contribution is 14.1. The van der Waals surface area contributed by atoms with Crippen LogP contribution in [-0.4, -0.2) is 160 Å². The molecular weight excluding hydrogens is 1200 g/mol. The maximum atomic E-state index is 14.8. The number of primary amides is 1. The molecule has 29 heteroatoms. The molecule has 3 aromatic carbocycles. The number of hydrogen-bond acceptors (Lipinski definition) is 17. The standard InChI is InChI=1S/C52H73IN14O12S2/c1-52(2)42(67-44(73)33(55)22-29-13-16-31(69)17-14-29)50(79)65-36(24-30-15-18-40(70)32(53)21-30)45(74)60-25-41(71)61-38(26-68)48(77)64-37(23-28-9-4-3-5-10-28)47(76)66-39(27-80-81-52)49(78)63-35(11-6-7-19-54)46(75)62-34(43(56)72)12-8-20-59-51(57)58/h3-5,9-10,13-18,21,33-39,42,68-70H,6-8,11-12,19-20,22-27,54-55H2,1-2H3,(H2,56,72)(H,60,74)(H,61,71)(H,62,75)(H,63,78)(H,64,77)(H,65,79)(H,66,76)(H,67,73)(H4,57,58,59)/t33-,34-,35-,36-,37-,38-,39?,42-/m0/s1. The summed E-state index contributed by atoms with van der Waals surface area (Å²) in [5.74, 6) is -8.59. The summed E-state index contributed by atoms with van der Waals surface area (Å²) in [6.07, 6.45) is 0.665. The van der Waals surface area contributed by atoms with E-state index in [0.29, 0.717) is 33.1 Å². The van der Waals surface area contributed by atoms with Gasteiger partial charge in [-0.3, -0.25) is 48.1 Å². The Morgan fingerprint density at radius 3 is 2.02 bits per heavy atom. The van der Waals surface area contributed by atoms with E-state index in [9.17, 15) is 58.5 Å². The number of carbonyl (C=O) groups excluding carboxylic acids is 9. The number of aliphatic imine (C=N–C) groups is 1. The van der Waals surface area contributed by atoms with Gasteiger partial charge in [0, 0.05) is 29.9 Å². The zero-order valence-corrected chi connectivity index (χ0v) is 48.6. The number of carbonyl (C=O) groups is 9. The maximum Gasteiger partial charge on any atom is 0.245 e. The predicted octanol–water partition coefficient (Wildman–Crippen LogP) is -2.60. The summed E-state index contributed by atoms with van der Waals surface area (Å²) in [7, 11) is 1.97. The zero-order valence-electron chi connectivity index (χ0n) is 44.8. The van der Waals surface area contributed by atoms with E-state index in [1.807, 2.05) is 22.6 Å². The van der Waals surface area contributed by atoms with Crippen molar-refractivity contribution in [2.45, 2.75) is 118 Å². The van der Waals surface area contributed by atoms with Gasteiger partial charge < -0.3 is 86.5 Å². The van der Waals surface area contributed by atoms with Gasteiger partial charge in [-0.15, -0.1) is 0 Å². The van der Waals surface area contributed by atoms with E-state index in [2.05, 4.69) is 47.5 Å². The van der Waals surface area contributed by atoms with Gasteiger partial charge in [0.2, 0.25) is 53.2 Å². The molecule has 3 aromatic rings. The van der Waals surface area contributed by atoms with Crippen molar-refractivity contribution in [1.82, 2.24) is 42.5 Å². The fraction of sp³-hybridized carbons (Fsp3) is 0.462. The van der Waals surface area contributed by atoms with Crippen LogP contribution in [0.5, 0.6) is 11.5 Å². The molecule has 81 heavy (non-hydrogen) atoms. The first-order valence-electron chi connectivity index (χ1n) is 25.8. The van der Waals surface area contributed by atoms with Gasteiger partial charge in [-0.25, -0.2) is 0 Å². The third-order valence-electron chi connectivity index (χ3n) is 12.6. The van der Waals surface area contributed by atoms with Gasteiger partial charge in [0.25, 0.3) is 0 Å². The second-order valence-electron chi connectivity index (χ2n) is 19.5. The van der Waals surface area contributed by atoms with Crippen LogP contribution in [0.4, 0.5) is 0 Å². The quantitative estimate of drug-likeness (QED) is 0.0161. The number of nitrogens with one attached hydrogen (secondary N) is 8. The number of phenolic OH excluding ortho intramolecular Hbond substituents is 2. The first kappa shape index (κ1) is 66.6. The van der Waals surface area contributed by atoms with Crippen molar-refractivity contribution in [1.29, 1.82) is 0 Å². The van der Waals surface area contributed by atoms with E-state index in [1.165, 1.54) is 24.3 Å². The molecule has 0 aromatic heterocycles. The predicted molar refractivity (Wildman–Crippen MR) is 314 cm³/mol. The first-order chi connectivity index (χ1) is 38.4. The number of phenols is 2. The number of guanidine groups is 1. The maximum absolute atomic E-state index is 14.8. The summed E-state index contributed by atoms with van der Waals surface area (Å²) in [6, 6.07) is 7.46. The number of hydrogen-bond donors (Lipinski definition) is 16. The smallest absolute Gasteiger partial charge is 0.245 e. The molecule has 9 amide bonds. The molecule has 0 bridgehead atoms. The van der Waals surface area contributed by atoms with Crippen LogP contribution in [0, 0.1) is 3.57 Å². The van der Waals surface area contributed by atoms with Crippen molar-refractivity contribution in [3.05, 3.63) is 93.1 Å². The van der Waals surface area contributed by atoms with E-state index >= 15 is 0 Å². The summed E-state index contributed by atoms with van der Waals surface area (Å²) < 4.78 is -0.968. The summed E-state index contributed by atoms with van der Waals surface area (Å²) in [6.45, 7) is 1.81. The number of aliphatic hydroxyl groups excluding tert-OH is 1. The minimum Gasteiger partial charge on any atom is -0.508 e. The van der Waals surface area contributed by atoms with Gasteiger partial charge in [-0.1, -0.05) is 70.1 Å². The Bertz CT molecular complexity index is 2690. The first-order valence-corrected chi connectivity index (χ1v) is 29.2. The SMILES string of the molecule is CC1(C)SSCC(C(=O)N[C@@H](CCCCN)C(=O)N[C@@H](CCCN=C(N)N)C(N)=O)NC(=O)[C@H](Cc2ccccc2)NC(=O)[C@H](CO)NC(=O)CNC(=O)[C@H](Cc2ccc(O)c(I)c2)NC(=O)[C@@H]1NC(=O)[C@@H](N)Cc1ccc(O)cc1. The second kappa shape index (κ2) is 33.1. The molecule has 1 aliphatic heterocycles. The Morgan fingerprint density at radius 2 is 1.38 bits per heavy atom. The van der Waals surface area contributed by atoms with E-state index in [0.717, 1.165) is 21.6 Å². The van der Waals surface area contributed by atoms with Gasteiger partial charge in [0.05, 0.1) is 22.8 Å². The van der Waals surface area contributed by atoms with Crippen molar-refractivity contribution in [3.8, 4) is 11.5 Å². The molecule has 26 nitrogen and oxygen atoms in total. The van der Waals surface area contributed by atoms with Crippen LogP contribution in [0.1, 0.15) is 62.6 Å². The summed E-state index contributed by atoms with van der Waals surface area (Å²) in [5.41, 5.74) is 30.3. The molecule has 21 N–H and O–H groups in total. The summed E-state index contributed by atoms with van der Waals surface area (Å²) in [5, 5.41) is 51.2. The highest BCUT2D eigenvalue weighted by Gasteiger charge is 2.41. The second-order valence-corrected chi connectivity index (χ2v) is 23.7. The molecule has 1 saturated heterocycles. The number of benzene rings is 3. The van der Waals surface area contributed by atoms with Crippen LogP contribution in [0.2, 0.25) is 0 Å². The van der Waals surface area contributed by atoms with Crippen molar-refractivity contribution >= 4 is 103 Å². The van der Waals surface area contributed by atoms with Gasteiger partial charge in [-0.05, 0) is 122 Å². The van der Waals surface area contributed by atoms with Crippen molar-refractivity contribution < 1.29 is 58.5 Å². The molecule has 1 unspecified atom stereocenters. The van der Waals surface area contributed by atoms with Crippen molar-refractivity contribution in [3.63, 3.8) is 0 Å². The van der Waals surface area contributed by atoms with E-state index < -0.39 is 119 Å². The Balaban J connectivity index is 1.81. The van der Waals surface area contributed by atoms with Crippen molar-refractivity contribution in [2.24, 2.45) is 33.7 Å². The average molecular weight is 1280 g/mol. The van der Waals surface area contributed by atoms with Crippen LogP contribution >= 0.6 is 44.2 Å². The molecule has 0 radical (unpaired) electrons. The van der Waals surface area contributed by atoms with Crippen LogP contribution in [0.25, 0.3) is 0 Å². The minimum absolute atomic E-state index is 0.0150. The lowest BCUT2D eigenvalue weighted by Gasteiger charge is -2.35. The Labute approximate surface area is 490 Å². The number of amides is 9. The van der Waals surface area contributed by atoms with Crippen molar-refractivity contribution in [2.75, 3.05) is 32.0 Å². The van der Waals surface area contributed by atoms with Crippen LogP contribution in [0.3, 0.4) is 0 Å². The van der Waals surface area contributed by atoms with Gasteiger partial charge in [0.1, 0.15) is 53.8 Å². The number of aliphatic hydroxyl groups is 1. The fourth-order valence-corrected chi connectivity index (χ4v) is 11.5. The lowest BCUT2D eigenvalue weighted by molar-refractivity contribution is -0.135. The molecule has 8 atom stereocenters. The number of halogens is 1. The summed E-state index contributed by atoms with van der Waals surface area (Å²) in [4.78, 5) is 130. The number of rotatable bonds is 22. The van der Waals surface area contributed by atoms with E-state index in [1.54, 1.807) is 62.4 Å². The Morgan fingerprint density at radius 1 is 0.753 bits per heavy atom. The zero-order chi connectivity index (χ0) is 59.8. The monoisotopic (exact) mass is 1280 g/mol. The Kier molecular flexibility index (Phi) is 27.2. The number of unbranched alkanes of at least 4 members (excludes halogenated alkanes) is 1. The molecular formula is C52H73IN14O12S2. The number of aromatic hydroxyl groups is 2. The normalized spacial score (nSPS) is 20.5. The molecule has 4 rings (SSSR count). The summed E-state index contributed by atoms with van der Waals surface area (Å²) >= 11 is 1.88. The molecule has 1 aliphatic rings. The fourth-order valence-electron chi connectivity index (χ4n) is 8.07. The average Bonchev–Trinajstić information content (AvgIpc) is 3.45. The van der Waals surface area contributed by atoms with Crippen LogP contribution in [0.15, 0.2) is 77.8 Å².